The largest absolute Gasteiger partial charge is 0.455 e. The summed E-state index contributed by atoms with van der Waals surface area (Å²) >= 11 is 6.59. The number of carbonyl (C=O) groups excluding carboxylic acids is 4. The van der Waals surface area contributed by atoms with E-state index in [-0.39, 0.29) is 31.4 Å². The number of hydrogen-bond donors (Lipinski definition) is 1. The molecule has 0 radical (unpaired) electrons. The van der Waals surface area contributed by atoms with Crippen LogP contribution in [0, 0.1) is 17.8 Å². The molecule has 0 aromatic heterocycles. The van der Waals surface area contributed by atoms with Crippen molar-refractivity contribution in [3.05, 3.63) is 89.5 Å². The number of fused-ring (bicyclic) bond motifs is 2. The Morgan fingerprint density at radius 3 is 2.41 bits per heavy atom. The molecule has 8 atom stereocenters. The number of ether oxygens (including phenoxy) is 2. The van der Waals surface area contributed by atoms with Gasteiger partial charge in [-0.15, -0.1) is 0 Å². The minimum Gasteiger partial charge on any atom is -0.455 e. The van der Waals surface area contributed by atoms with Gasteiger partial charge in [-0.2, -0.15) is 0 Å². The van der Waals surface area contributed by atoms with Gasteiger partial charge in [0, 0.05) is 20.0 Å². The fraction of sp³-hybridized carbons (Fsp3) is 0.474. The van der Waals surface area contributed by atoms with E-state index < -0.39 is 65.6 Å². The van der Waals surface area contributed by atoms with Crippen LogP contribution < -0.4 is 4.90 Å². The van der Waals surface area contributed by atoms with Crippen LogP contribution in [0.4, 0.5) is 5.69 Å². The zero-order valence-electron chi connectivity index (χ0n) is 28.3. The highest BCUT2D eigenvalue weighted by atomic mass is 35.5. The first-order chi connectivity index (χ1) is 23.5. The maximum atomic E-state index is 14.9. The molecule has 1 spiro atoms. The van der Waals surface area contributed by atoms with Crippen molar-refractivity contribution in [3.63, 3.8) is 0 Å². The quantitative estimate of drug-likeness (QED) is 0.345. The summed E-state index contributed by atoms with van der Waals surface area (Å²) in [5.74, 6) is -3.78. The standard InChI is InChI=1S/C38H44ClN3O7/c1-23(2)21-26(22-43)42-34-36(46)41(28-16-9-8-15-27(28)39)20-12-19-38(34)32(35(42)45)31-29(49-38)17-10-11-18-30(44)40(4)24(3)33(48-37(31)47)25-13-6-5-7-14-25/h5-10,12-17,19,23-24,26,29,31-34,43H,11,18,20-22H2,1-4H3/b17-10-/t24-,26+,29-,31+,32+,33+,34-,38+/m0/s1. The Morgan fingerprint density at radius 2 is 1.71 bits per heavy atom. The van der Waals surface area contributed by atoms with E-state index in [1.54, 1.807) is 60.5 Å². The number of anilines is 1. The summed E-state index contributed by atoms with van der Waals surface area (Å²) < 4.78 is 13.2. The molecule has 4 aliphatic heterocycles. The SMILES string of the molecule is CC(C)C[C@H](CO)N1C(=O)[C@H]2[C@@H]3C(=O)O[C@@H](c4ccccc4)[C@H](C)N(C)C(=O)CC/C=C\[C@@H]3O[C@]23C=CCN(c2ccccc2Cl)C(=O)[C@H]13. The fourth-order valence-corrected chi connectivity index (χ4v) is 8.17. The van der Waals surface area contributed by atoms with E-state index in [9.17, 15) is 24.3 Å². The highest BCUT2D eigenvalue weighted by Crippen LogP contribution is 2.54. The maximum absolute atomic E-state index is 14.9. The lowest BCUT2D eigenvalue weighted by molar-refractivity contribution is -0.164. The highest BCUT2D eigenvalue weighted by molar-refractivity contribution is 6.34. The molecule has 0 unspecified atom stereocenters. The van der Waals surface area contributed by atoms with Crippen molar-refractivity contribution in [1.82, 2.24) is 9.80 Å². The van der Waals surface area contributed by atoms with Gasteiger partial charge in [-0.25, -0.2) is 0 Å². The summed E-state index contributed by atoms with van der Waals surface area (Å²) in [5.41, 5.74) is -0.364. The van der Waals surface area contributed by atoms with Gasteiger partial charge in [-0.1, -0.05) is 92.2 Å². The lowest BCUT2D eigenvalue weighted by Crippen LogP contribution is -2.58. The van der Waals surface area contributed by atoms with Crippen molar-refractivity contribution in [2.45, 2.75) is 76.0 Å². The van der Waals surface area contributed by atoms with Crippen LogP contribution in [0.5, 0.6) is 0 Å². The van der Waals surface area contributed by atoms with Gasteiger partial charge in [0.1, 0.15) is 23.7 Å². The predicted molar refractivity (Wildman–Crippen MR) is 184 cm³/mol. The van der Waals surface area contributed by atoms with Gasteiger partial charge in [-0.05, 0) is 43.4 Å². The van der Waals surface area contributed by atoms with Gasteiger partial charge >= 0.3 is 5.97 Å². The summed E-state index contributed by atoms with van der Waals surface area (Å²) in [6, 6.07) is 13.8. The zero-order chi connectivity index (χ0) is 35.0. The molecule has 10 nitrogen and oxygen atoms in total. The van der Waals surface area contributed by atoms with E-state index in [1.165, 1.54) is 9.80 Å². The molecule has 11 heteroatoms. The van der Waals surface area contributed by atoms with Crippen molar-refractivity contribution >= 4 is 41.0 Å². The topological polar surface area (TPSA) is 117 Å². The number of likely N-dealkylation sites (tertiary alicyclic amines) is 1. The molecule has 0 aliphatic carbocycles. The number of aliphatic hydroxyl groups excluding tert-OH is 1. The van der Waals surface area contributed by atoms with Crippen LogP contribution in [0.15, 0.2) is 78.9 Å². The average molecular weight is 690 g/mol. The summed E-state index contributed by atoms with van der Waals surface area (Å²) in [7, 11) is 1.70. The monoisotopic (exact) mass is 689 g/mol. The number of esters is 1. The second-order valence-electron chi connectivity index (χ2n) is 13.8. The van der Waals surface area contributed by atoms with Crippen LogP contribution in [0.25, 0.3) is 0 Å². The lowest BCUT2D eigenvalue weighted by Gasteiger charge is -2.39. The van der Waals surface area contributed by atoms with Gasteiger partial charge in [0.25, 0.3) is 5.91 Å². The van der Waals surface area contributed by atoms with E-state index in [2.05, 4.69) is 0 Å². The van der Waals surface area contributed by atoms with Gasteiger partial charge in [0.2, 0.25) is 11.8 Å². The van der Waals surface area contributed by atoms with Crippen LogP contribution in [0.3, 0.4) is 0 Å². The Labute approximate surface area is 292 Å². The van der Waals surface area contributed by atoms with Gasteiger partial charge in [-0.3, -0.25) is 19.2 Å². The number of carbonyl (C=O) groups is 4. The molecule has 4 aliphatic rings. The highest BCUT2D eigenvalue weighted by Gasteiger charge is 2.72. The van der Waals surface area contributed by atoms with Crippen molar-refractivity contribution < 1.29 is 33.8 Å². The number of allylic oxidation sites excluding steroid dienone is 1. The summed E-state index contributed by atoms with van der Waals surface area (Å²) in [5, 5.41) is 11.1. The molecule has 3 amide bonds. The number of likely N-dealkylation sites (N-methyl/N-ethyl adjacent to an activating group) is 1. The predicted octanol–water partition coefficient (Wildman–Crippen LogP) is 4.71. The third-order valence-electron chi connectivity index (χ3n) is 10.4. The molecule has 0 saturated carbocycles. The van der Waals surface area contributed by atoms with Gasteiger partial charge in [0.05, 0.1) is 41.4 Å². The Balaban J connectivity index is 1.49. The summed E-state index contributed by atoms with van der Waals surface area (Å²) in [6.07, 6.45) is 6.34. The first-order valence-corrected chi connectivity index (χ1v) is 17.4. The van der Waals surface area contributed by atoms with E-state index in [0.29, 0.717) is 29.1 Å². The molecule has 0 bridgehead atoms. The maximum Gasteiger partial charge on any atom is 0.313 e. The number of rotatable bonds is 6. The number of amides is 3. The van der Waals surface area contributed by atoms with Crippen molar-refractivity contribution in [2.75, 3.05) is 25.1 Å². The Morgan fingerprint density at radius 1 is 1.00 bits per heavy atom. The van der Waals surface area contributed by atoms with Crippen molar-refractivity contribution in [3.8, 4) is 0 Å². The minimum absolute atomic E-state index is 0.0909. The van der Waals surface area contributed by atoms with Gasteiger partial charge in [0.15, 0.2) is 0 Å². The zero-order valence-corrected chi connectivity index (χ0v) is 29.0. The van der Waals surface area contributed by atoms with Gasteiger partial charge < -0.3 is 29.3 Å². The van der Waals surface area contributed by atoms with Crippen molar-refractivity contribution in [1.29, 1.82) is 0 Å². The summed E-state index contributed by atoms with van der Waals surface area (Å²) in [6.45, 7) is 5.59. The fourth-order valence-electron chi connectivity index (χ4n) is 7.93. The minimum atomic E-state index is -1.55. The Hall–Kier alpha value is -3.99. The molecule has 2 aromatic rings. The van der Waals surface area contributed by atoms with Crippen LogP contribution in [-0.4, -0.2) is 88.6 Å². The van der Waals surface area contributed by atoms with E-state index in [0.717, 1.165) is 0 Å². The molecule has 2 saturated heterocycles. The number of aliphatic hydroxyl groups is 1. The number of halogens is 1. The number of hydrogen-bond acceptors (Lipinski definition) is 7. The molecule has 260 valence electrons. The average Bonchev–Trinajstić information content (AvgIpc) is 3.48. The third-order valence-corrected chi connectivity index (χ3v) is 10.7. The molecular formula is C38H44ClN3O7. The molecule has 6 rings (SSSR count). The molecule has 1 N–H and O–H groups in total. The number of para-hydroxylation sites is 1. The summed E-state index contributed by atoms with van der Waals surface area (Å²) in [4.78, 5) is 62.1. The second-order valence-corrected chi connectivity index (χ2v) is 14.2. The molecule has 49 heavy (non-hydrogen) atoms. The lowest BCUT2D eigenvalue weighted by atomic mass is 9.77. The first-order valence-electron chi connectivity index (χ1n) is 17.0. The molecule has 4 heterocycles. The molecular weight excluding hydrogens is 646 g/mol. The van der Waals surface area contributed by atoms with Crippen molar-refractivity contribution in [2.24, 2.45) is 17.8 Å². The van der Waals surface area contributed by atoms with E-state index in [1.807, 2.05) is 51.1 Å². The van der Waals surface area contributed by atoms with Crippen LogP contribution >= 0.6 is 11.6 Å². The Bertz CT molecular complexity index is 1650. The number of cyclic esters (lactones) is 1. The van der Waals surface area contributed by atoms with Crippen LogP contribution in [-0.2, 0) is 28.7 Å². The Kier molecular flexibility index (Phi) is 10.0. The number of benzene rings is 2. The van der Waals surface area contributed by atoms with Crippen LogP contribution in [0.1, 0.15) is 51.7 Å². The third kappa shape index (κ3) is 6.19. The normalized spacial score (nSPS) is 31.8. The smallest absolute Gasteiger partial charge is 0.313 e. The molecule has 2 fully saturated rings. The van der Waals surface area contributed by atoms with Crippen LogP contribution in [0.2, 0.25) is 5.02 Å². The van der Waals surface area contributed by atoms with E-state index >= 15 is 0 Å². The second kappa shape index (κ2) is 14.1. The molecule has 2 aromatic carbocycles. The first kappa shape index (κ1) is 34.9. The number of nitrogens with zero attached hydrogens (tertiary/aromatic N) is 3. The van der Waals surface area contributed by atoms with E-state index in [4.69, 9.17) is 21.1 Å².